The van der Waals surface area contributed by atoms with Gasteiger partial charge < -0.3 is 14.7 Å². The molecule has 0 spiro atoms. The number of morpholine rings is 1. The van der Waals surface area contributed by atoms with Crippen molar-refractivity contribution >= 4 is 11.9 Å². The molecule has 7 heteroatoms. The molecule has 134 valence electrons. The molecule has 2 rings (SSSR count). The van der Waals surface area contributed by atoms with Gasteiger partial charge >= 0.3 is 5.97 Å². The number of carbonyl (C=O) groups is 2. The molecule has 0 saturated carbocycles. The number of hydrogen-bond acceptors (Lipinski definition) is 4. The lowest BCUT2D eigenvalue weighted by Gasteiger charge is -2.31. The maximum absolute atomic E-state index is 12.8. The van der Waals surface area contributed by atoms with E-state index in [0.717, 1.165) is 5.69 Å². The maximum Gasteiger partial charge on any atom is 0.306 e. The topological polar surface area (TPSA) is 84.7 Å². The highest BCUT2D eigenvalue weighted by molar-refractivity contribution is 5.92. The highest BCUT2D eigenvalue weighted by atomic mass is 16.5. The van der Waals surface area contributed by atoms with Crippen LogP contribution in [0.3, 0.4) is 0 Å². The van der Waals surface area contributed by atoms with Crippen molar-refractivity contribution in [3.05, 3.63) is 17.5 Å². The van der Waals surface area contributed by atoms with Gasteiger partial charge in [-0.05, 0) is 32.8 Å². The molecule has 1 N–H and O–H groups in total. The quantitative estimate of drug-likeness (QED) is 0.909. The van der Waals surface area contributed by atoms with E-state index in [-0.39, 0.29) is 30.3 Å². The lowest BCUT2D eigenvalue weighted by Crippen LogP contribution is -2.46. The molecule has 24 heavy (non-hydrogen) atoms. The zero-order chi connectivity index (χ0) is 18.1. The fraction of sp³-hybridized carbons (Fsp3) is 0.706. The summed E-state index contributed by atoms with van der Waals surface area (Å²) < 4.78 is 7.33. The smallest absolute Gasteiger partial charge is 0.306 e. The van der Waals surface area contributed by atoms with Gasteiger partial charge in [-0.25, -0.2) is 0 Å². The first-order valence-corrected chi connectivity index (χ1v) is 8.32. The number of hydrogen-bond donors (Lipinski definition) is 1. The number of carbonyl (C=O) groups excluding carboxylic acids is 1. The minimum atomic E-state index is -0.923. The average Bonchev–Trinajstić information content (AvgIpc) is 2.91. The van der Waals surface area contributed by atoms with Gasteiger partial charge in [0.15, 0.2) is 5.69 Å². The summed E-state index contributed by atoms with van der Waals surface area (Å²) in [5, 5.41) is 13.4. The van der Waals surface area contributed by atoms with Crippen molar-refractivity contribution in [2.24, 2.45) is 0 Å². The third kappa shape index (κ3) is 4.14. The van der Waals surface area contributed by atoms with E-state index in [0.29, 0.717) is 18.8 Å². The van der Waals surface area contributed by atoms with E-state index in [4.69, 9.17) is 9.84 Å². The van der Waals surface area contributed by atoms with Crippen molar-refractivity contribution in [2.45, 2.75) is 58.6 Å². The Morgan fingerprint density at radius 1 is 1.42 bits per heavy atom. The van der Waals surface area contributed by atoms with E-state index in [1.807, 2.05) is 10.7 Å². The van der Waals surface area contributed by atoms with Crippen LogP contribution in [0.2, 0.25) is 0 Å². The Balaban J connectivity index is 2.22. The molecule has 0 bridgehead atoms. The maximum atomic E-state index is 12.8. The number of carboxylic acid groups (broad SMARTS) is 1. The summed E-state index contributed by atoms with van der Waals surface area (Å²) in [7, 11) is 0. The molecule has 1 atom stereocenters. The Labute approximate surface area is 142 Å². The fourth-order valence-corrected chi connectivity index (χ4v) is 2.83. The first-order chi connectivity index (χ1) is 11.1. The third-order valence-corrected chi connectivity index (χ3v) is 4.01. The summed E-state index contributed by atoms with van der Waals surface area (Å²) in [6.45, 7) is 11.4. The van der Waals surface area contributed by atoms with Gasteiger partial charge in [0.05, 0.1) is 24.7 Å². The van der Waals surface area contributed by atoms with Crippen LogP contribution in [-0.4, -0.2) is 57.5 Å². The van der Waals surface area contributed by atoms with Crippen LogP contribution in [0.15, 0.2) is 6.07 Å². The number of nitrogens with zero attached hydrogens (tertiary/aromatic N) is 3. The van der Waals surface area contributed by atoms with Crippen molar-refractivity contribution in [3.8, 4) is 0 Å². The van der Waals surface area contributed by atoms with E-state index in [2.05, 4.69) is 39.7 Å². The summed E-state index contributed by atoms with van der Waals surface area (Å²) in [5.41, 5.74) is 1.21. The number of amides is 1. The molecule has 1 aromatic rings. The molecule has 0 radical (unpaired) electrons. The molecule has 1 amide bonds. The van der Waals surface area contributed by atoms with Crippen LogP contribution in [0.25, 0.3) is 0 Å². The van der Waals surface area contributed by atoms with Crippen molar-refractivity contribution in [2.75, 3.05) is 19.7 Å². The molecular formula is C17H27N3O4. The number of aliphatic carboxylic acids is 1. The second-order valence-electron chi connectivity index (χ2n) is 7.53. The lowest BCUT2D eigenvalue weighted by atomic mass is 10.1. The third-order valence-electron chi connectivity index (χ3n) is 4.01. The summed E-state index contributed by atoms with van der Waals surface area (Å²) in [6.07, 6.45) is -0.563. The number of aromatic nitrogens is 2. The molecule has 1 aliphatic heterocycles. The van der Waals surface area contributed by atoms with Gasteiger partial charge in [0.25, 0.3) is 5.91 Å². The molecule has 1 saturated heterocycles. The van der Waals surface area contributed by atoms with Crippen LogP contribution in [0.1, 0.15) is 63.1 Å². The molecule has 2 heterocycles. The minimum Gasteiger partial charge on any atom is -0.481 e. The summed E-state index contributed by atoms with van der Waals surface area (Å²) in [4.78, 5) is 25.3. The standard InChI is InChI=1S/C17H27N3O4/c1-11(2)14-9-13(18-20(14)17(3,4)5)16(23)19-6-7-24-12(10-19)8-15(21)22/h9,11-12H,6-8,10H2,1-5H3,(H,21,22)/t12-/m0/s1. The fourth-order valence-electron chi connectivity index (χ4n) is 2.83. The highest BCUT2D eigenvalue weighted by Crippen LogP contribution is 2.24. The summed E-state index contributed by atoms with van der Waals surface area (Å²) >= 11 is 0. The number of rotatable bonds is 4. The predicted octanol–water partition coefficient (Wildman–Crippen LogP) is 2.08. The van der Waals surface area contributed by atoms with Gasteiger partial charge in [-0.2, -0.15) is 5.10 Å². The van der Waals surface area contributed by atoms with Gasteiger partial charge in [-0.3, -0.25) is 14.3 Å². The van der Waals surface area contributed by atoms with Gasteiger partial charge in [0.2, 0.25) is 0 Å². The van der Waals surface area contributed by atoms with Gasteiger partial charge in [-0.1, -0.05) is 13.8 Å². The Hall–Kier alpha value is -1.89. The minimum absolute atomic E-state index is 0.0997. The highest BCUT2D eigenvalue weighted by Gasteiger charge is 2.30. The van der Waals surface area contributed by atoms with Crippen LogP contribution in [0.4, 0.5) is 0 Å². The molecular weight excluding hydrogens is 310 g/mol. The largest absolute Gasteiger partial charge is 0.481 e. The summed E-state index contributed by atoms with van der Waals surface area (Å²) in [6, 6.07) is 1.85. The average molecular weight is 337 g/mol. The molecule has 0 unspecified atom stereocenters. The van der Waals surface area contributed by atoms with E-state index in [1.165, 1.54) is 0 Å². The van der Waals surface area contributed by atoms with E-state index in [9.17, 15) is 9.59 Å². The Bertz CT molecular complexity index is 616. The van der Waals surface area contributed by atoms with Gasteiger partial charge in [0, 0.05) is 18.8 Å². The van der Waals surface area contributed by atoms with Crippen LogP contribution < -0.4 is 0 Å². The van der Waals surface area contributed by atoms with Gasteiger partial charge in [-0.15, -0.1) is 0 Å². The molecule has 0 aromatic carbocycles. The van der Waals surface area contributed by atoms with Crippen molar-refractivity contribution in [3.63, 3.8) is 0 Å². The number of ether oxygens (including phenoxy) is 1. The second kappa shape index (κ2) is 6.93. The van der Waals surface area contributed by atoms with Crippen molar-refractivity contribution in [1.82, 2.24) is 14.7 Å². The van der Waals surface area contributed by atoms with E-state index >= 15 is 0 Å². The second-order valence-corrected chi connectivity index (χ2v) is 7.53. The zero-order valence-electron chi connectivity index (χ0n) is 15.1. The summed E-state index contributed by atoms with van der Waals surface area (Å²) in [5.74, 6) is -0.838. The SMILES string of the molecule is CC(C)c1cc(C(=O)N2CCO[C@@H](CC(=O)O)C2)nn1C(C)(C)C. The lowest BCUT2D eigenvalue weighted by molar-refractivity contribution is -0.141. The van der Waals surface area contributed by atoms with E-state index in [1.54, 1.807) is 4.90 Å². The molecule has 7 nitrogen and oxygen atoms in total. The van der Waals surface area contributed by atoms with Crippen molar-refractivity contribution < 1.29 is 19.4 Å². The first-order valence-electron chi connectivity index (χ1n) is 8.32. The van der Waals surface area contributed by atoms with Crippen molar-refractivity contribution in [1.29, 1.82) is 0 Å². The molecule has 0 aliphatic carbocycles. The Morgan fingerprint density at radius 3 is 2.58 bits per heavy atom. The first kappa shape index (κ1) is 18.4. The molecule has 1 aromatic heterocycles. The predicted molar refractivity (Wildman–Crippen MR) is 89.2 cm³/mol. The van der Waals surface area contributed by atoms with Crippen LogP contribution in [-0.2, 0) is 15.1 Å². The van der Waals surface area contributed by atoms with Crippen LogP contribution >= 0.6 is 0 Å². The van der Waals surface area contributed by atoms with Gasteiger partial charge in [0.1, 0.15) is 0 Å². The monoisotopic (exact) mass is 337 g/mol. The Kier molecular flexibility index (Phi) is 5.32. The van der Waals surface area contributed by atoms with Crippen LogP contribution in [0.5, 0.6) is 0 Å². The van der Waals surface area contributed by atoms with E-state index < -0.39 is 12.1 Å². The zero-order valence-corrected chi connectivity index (χ0v) is 15.1. The number of carboxylic acids is 1. The normalized spacial score (nSPS) is 18.9. The Morgan fingerprint density at radius 2 is 2.08 bits per heavy atom. The molecule has 1 fully saturated rings. The molecule has 1 aliphatic rings. The van der Waals surface area contributed by atoms with Crippen LogP contribution in [0, 0.1) is 0 Å².